The molecule has 0 spiro atoms. The predicted octanol–water partition coefficient (Wildman–Crippen LogP) is 1.94. The molecule has 0 saturated carbocycles. The summed E-state index contributed by atoms with van der Waals surface area (Å²) in [4.78, 5) is 2.56. The molecule has 2 aliphatic rings. The van der Waals surface area contributed by atoms with Crippen LogP contribution in [-0.4, -0.2) is 36.7 Å². The van der Waals surface area contributed by atoms with E-state index in [4.69, 9.17) is 4.74 Å². The van der Waals surface area contributed by atoms with E-state index < -0.39 is 0 Å². The van der Waals surface area contributed by atoms with Gasteiger partial charge in [0.15, 0.2) is 0 Å². The Bertz CT molecular complexity index is 430. The van der Waals surface area contributed by atoms with Crippen molar-refractivity contribution in [3.05, 3.63) is 35.4 Å². The Morgan fingerprint density at radius 2 is 2.17 bits per heavy atom. The maximum absolute atomic E-state index is 5.81. The number of nitrogens with zero attached hydrogens (tertiary/aromatic N) is 1. The van der Waals surface area contributed by atoms with E-state index in [9.17, 15) is 0 Å². The number of morpholine rings is 1. The van der Waals surface area contributed by atoms with Crippen molar-refractivity contribution >= 4 is 0 Å². The molecule has 0 amide bonds. The fourth-order valence-electron chi connectivity index (χ4n) is 3.12. The van der Waals surface area contributed by atoms with Gasteiger partial charge in [-0.2, -0.15) is 0 Å². The highest BCUT2D eigenvalue weighted by Gasteiger charge is 2.33. The second kappa shape index (κ2) is 4.65. The predicted molar refractivity (Wildman–Crippen MR) is 72.5 cm³/mol. The van der Waals surface area contributed by atoms with Gasteiger partial charge in [-0.05, 0) is 25.0 Å². The van der Waals surface area contributed by atoms with Gasteiger partial charge < -0.3 is 10.1 Å². The Balaban J connectivity index is 1.85. The van der Waals surface area contributed by atoms with Crippen LogP contribution in [0.25, 0.3) is 0 Å². The molecule has 1 N–H and O–H groups in total. The molecule has 0 aliphatic carbocycles. The topological polar surface area (TPSA) is 24.5 Å². The summed E-state index contributed by atoms with van der Waals surface area (Å²) < 4.78 is 5.81. The molecule has 0 bridgehead atoms. The average Bonchev–Trinajstić information content (AvgIpc) is 2.37. The molecule has 0 radical (unpaired) electrons. The van der Waals surface area contributed by atoms with Gasteiger partial charge in [0.1, 0.15) is 0 Å². The highest BCUT2D eigenvalue weighted by atomic mass is 16.5. The first kappa shape index (κ1) is 12.2. The van der Waals surface area contributed by atoms with Crippen molar-refractivity contribution in [3.8, 4) is 0 Å². The van der Waals surface area contributed by atoms with Crippen LogP contribution in [0.3, 0.4) is 0 Å². The lowest BCUT2D eigenvalue weighted by molar-refractivity contribution is -0.0980. The van der Waals surface area contributed by atoms with Gasteiger partial charge in [0.05, 0.1) is 12.2 Å². The van der Waals surface area contributed by atoms with Gasteiger partial charge in [0.25, 0.3) is 0 Å². The van der Waals surface area contributed by atoms with Crippen LogP contribution in [-0.2, 0) is 11.3 Å². The van der Waals surface area contributed by atoms with E-state index in [1.54, 1.807) is 0 Å². The largest absolute Gasteiger partial charge is 0.373 e. The second-order valence-corrected chi connectivity index (χ2v) is 5.92. The second-order valence-electron chi connectivity index (χ2n) is 5.92. The van der Waals surface area contributed by atoms with Gasteiger partial charge >= 0.3 is 0 Å². The Morgan fingerprint density at radius 3 is 3.00 bits per heavy atom. The summed E-state index contributed by atoms with van der Waals surface area (Å²) >= 11 is 0. The van der Waals surface area contributed by atoms with Gasteiger partial charge in [0.2, 0.25) is 0 Å². The average molecular weight is 246 g/mol. The first-order valence-electron chi connectivity index (χ1n) is 6.82. The fraction of sp³-hybridized carbons (Fsp3) is 0.600. The van der Waals surface area contributed by atoms with Gasteiger partial charge in [-0.1, -0.05) is 24.3 Å². The number of ether oxygens (including phenoxy) is 1. The molecule has 98 valence electrons. The lowest BCUT2D eigenvalue weighted by Gasteiger charge is -2.44. The van der Waals surface area contributed by atoms with Gasteiger partial charge in [-0.3, -0.25) is 4.90 Å². The molecule has 3 nitrogen and oxygen atoms in total. The van der Waals surface area contributed by atoms with Gasteiger partial charge in [-0.25, -0.2) is 0 Å². The van der Waals surface area contributed by atoms with Crippen LogP contribution in [0.5, 0.6) is 0 Å². The standard InChI is InChI=1S/C15H22N2O/c1-15(2)11-17(7-8-18-15)14-10-16-9-12-5-3-4-6-13(12)14/h3-6,14,16H,7-11H2,1-2H3. The Morgan fingerprint density at radius 1 is 1.33 bits per heavy atom. The molecule has 1 fully saturated rings. The minimum absolute atomic E-state index is 0.0232. The van der Waals surface area contributed by atoms with Gasteiger partial charge in [-0.15, -0.1) is 0 Å². The first-order chi connectivity index (χ1) is 8.66. The van der Waals surface area contributed by atoms with Crippen LogP contribution in [0.2, 0.25) is 0 Å². The van der Waals surface area contributed by atoms with Crippen molar-refractivity contribution in [1.29, 1.82) is 0 Å². The molecule has 0 aromatic heterocycles. The normalized spacial score (nSPS) is 27.8. The van der Waals surface area contributed by atoms with Crippen LogP contribution in [0.4, 0.5) is 0 Å². The minimum Gasteiger partial charge on any atom is -0.373 e. The summed E-state index contributed by atoms with van der Waals surface area (Å²) in [6.07, 6.45) is 0. The van der Waals surface area contributed by atoms with Crippen LogP contribution >= 0.6 is 0 Å². The molecular weight excluding hydrogens is 224 g/mol. The molecule has 1 atom stereocenters. The zero-order chi connectivity index (χ0) is 12.6. The lowest BCUT2D eigenvalue weighted by Crippen LogP contribution is -2.52. The number of fused-ring (bicyclic) bond motifs is 1. The smallest absolute Gasteiger partial charge is 0.0753 e. The summed E-state index contributed by atoms with van der Waals surface area (Å²) in [5.41, 5.74) is 2.91. The van der Waals surface area contributed by atoms with Crippen LogP contribution in [0.1, 0.15) is 31.0 Å². The molecule has 1 unspecified atom stereocenters. The van der Waals surface area contributed by atoms with Crippen LogP contribution < -0.4 is 5.32 Å². The zero-order valence-corrected chi connectivity index (χ0v) is 11.3. The summed E-state index contributed by atoms with van der Waals surface area (Å²) in [5.74, 6) is 0. The van der Waals surface area contributed by atoms with Crippen molar-refractivity contribution in [3.63, 3.8) is 0 Å². The molecule has 2 heterocycles. The fourth-order valence-corrected chi connectivity index (χ4v) is 3.12. The number of nitrogens with one attached hydrogen (secondary N) is 1. The van der Waals surface area contributed by atoms with Crippen molar-refractivity contribution in [2.45, 2.75) is 32.0 Å². The summed E-state index contributed by atoms with van der Waals surface area (Å²) in [5, 5.41) is 3.53. The molecule has 18 heavy (non-hydrogen) atoms. The van der Waals surface area contributed by atoms with E-state index in [1.165, 1.54) is 11.1 Å². The molecule has 2 aliphatic heterocycles. The summed E-state index contributed by atoms with van der Waals surface area (Å²) in [6.45, 7) is 9.29. The molecule has 1 aromatic rings. The molecule has 1 aromatic carbocycles. The molecule has 1 saturated heterocycles. The van der Waals surface area contributed by atoms with E-state index in [1.807, 2.05) is 0 Å². The van der Waals surface area contributed by atoms with Crippen molar-refractivity contribution in [1.82, 2.24) is 10.2 Å². The number of benzene rings is 1. The quantitative estimate of drug-likeness (QED) is 0.819. The minimum atomic E-state index is -0.0232. The Hall–Kier alpha value is -0.900. The highest BCUT2D eigenvalue weighted by Crippen LogP contribution is 2.30. The molecule has 3 heteroatoms. The van der Waals surface area contributed by atoms with Crippen LogP contribution in [0, 0.1) is 0 Å². The number of hydrogen-bond acceptors (Lipinski definition) is 3. The van der Waals surface area contributed by atoms with Crippen molar-refractivity contribution < 1.29 is 4.74 Å². The number of rotatable bonds is 1. The lowest BCUT2D eigenvalue weighted by atomic mass is 9.94. The van der Waals surface area contributed by atoms with Crippen LogP contribution in [0.15, 0.2) is 24.3 Å². The maximum Gasteiger partial charge on any atom is 0.0753 e. The molecule has 3 rings (SSSR count). The third-order valence-corrected chi connectivity index (χ3v) is 3.96. The maximum atomic E-state index is 5.81. The zero-order valence-electron chi connectivity index (χ0n) is 11.3. The molecular formula is C15H22N2O. The summed E-state index contributed by atoms with van der Waals surface area (Å²) in [6, 6.07) is 9.30. The van der Waals surface area contributed by atoms with E-state index in [-0.39, 0.29) is 5.60 Å². The third kappa shape index (κ3) is 2.30. The summed E-state index contributed by atoms with van der Waals surface area (Å²) in [7, 11) is 0. The SMILES string of the molecule is CC1(C)CN(C2CNCc3ccccc32)CCO1. The third-order valence-electron chi connectivity index (χ3n) is 3.96. The van der Waals surface area contributed by atoms with E-state index >= 15 is 0 Å². The Kier molecular flexibility index (Phi) is 3.14. The van der Waals surface area contributed by atoms with E-state index in [0.29, 0.717) is 6.04 Å². The monoisotopic (exact) mass is 246 g/mol. The van der Waals surface area contributed by atoms with Gasteiger partial charge in [0, 0.05) is 32.2 Å². The number of hydrogen-bond donors (Lipinski definition) is 1. The van der Waals surface area contributed by atoms with Crippen molar-refractivity contribution in [2.75, 3.05) is 26.2 Å². The van der Waals surface area contributed by atoms with E-state index in [0.717, 1.165) is 32.8 Å². The van der Waals surface area contributed by atoms with E-state index in [2.05, 4.69) is 48.3 Å². The highest BCUT2D eigenvalue weighted by molar-refractivity contribution is 5.32. The first-order valence-corrected chi connectivity index (χ1v) is 6.82. The Labute approximate surface area is 109 Å². The van der Waals surface area contributed by atoms with Crippen molar-refractivity contribution in [2.24, 2.45) is 0 Å².